The van der Waals surface area contributed by atoms with Crippen molar-refractivity contribution < 1.29 is 24.5 Å². The van der Waals surface area contributed by atoms with E-state index in [9.17, 15) is 19.8 Å². The second kappa shape index (κ2) is 8.47. The van der Waals surface area contributed by atoms with Crippen molar-refractivity contribution in [1.82, 2.24) is 14.5 Å². The summed E-state index contributed by atoms with van der Waals surface area (Å²) in [4.78, 5) is 31.0. The summed E-state index contributed by atoms with van der Waals surface area (Å²) in [6.45, 7) is -0.342. The molecule has 2 aromatic heterocycles. The van der Waals surface area contributed by atoms with Gasteiger partial charge in [0.2, 0.25) is 0 Å². The predicted octanol–water partition coefficient (Wildman–Crippen LogP) is -0.961. The molecular weight excluding hydrogens is 406 g/mol. The van der Waals surface area contributed by atoms with Crippen LogP contribution in [0.25, 0.3) is 10.9 Å². The predicted molar refractivity (Wildman–Crippen MR) is 110 cm³/mol. The van der Waals surface area contributed by atoms with Crippen molar-refractivity contribution in [2.75, 3.05) is 12.3 Å². The number of aromatic nitrogens is 3. The zero-order valence-electron chi connectivity index (χ0n) is 16.4. The lowest BCUT2D eigenvalue weighted by Crippen LogP contribution is -2.39. The molecule has 1 aliphatic rings. The largest absolute Gasteiger partial charge is 0.462 e. The zero-order chi connectivity index (χ0) is 22.1. The number of para-hydroxylation sites is 1. The smallest absolute Gasteiger partial charge is 0.351 e. The number of fused-ring (bicyclic) bond motifs is 1. The van der Waals surface area contributed by atoms with E-state index in [0.29, 0.717) is 0 Å². The van der Waals surface area contributed by atoms with Gasteiger partial charge in [0.1, 0.15) is 36.8 Å². The molecule has 11 heteroatoms. The van der Waals surface area contributed by atoms with E-state index < -0.39 is 42.2 Å². The fourth-order valence-electron chi connectivity index (χ4n) is 3.55. The van der Waals surface area contributed by atoms with E-state index in [1.807, 2.05) is 30.3 Å². The van der Waals surface area contributed by atoms with Gasteiger partial charge in [-0.25, -0.2) is 4.79 Å². The molecule has 0 spiro atoms. The molecule has 1 aromatic carbocycles. The Balaban J connectivity index is 1.35. The molecule has 0 bridgehead atoms. The molecule has 1 fully saturated rings. The molecule has 7 N–H and O–H groups in total. The van der Waals surface area contributed by atoms with Crippen LogP contribution in [0.1, 0.15) is 11.9 Å². The molecule has 4 rings (SSSR count). The summed E-state index contributed by atoms with van der Waals surface area (Å²) >= 11 is 0. The summed E-state index contributed by atoms with van der Waals surface area (Å²) in [5.41, 5.74) is 12.4. The van der Waals surface area contributed by atoms with Crippen molar-refractivity contribution in [3.05, 3.63) is 58.8 Å². The minimum atomic E-state index is -1.42. The van der Waals surface area contributed by atoms with Gasteiger partial charge in [0, 0.05) is 23.8 Å². The highest BCUT2D eigenvalue weighted by atomic mass is 16.6. The monoisotopic (exact) mass is 429 g/mol. The quantitative estimate of drug-likeness (QED) is 0.309. The number of aliphatic hydroxyl groups excluding tert-OH is 2. The van der Waals surface area contributed by atoms with Crippen molar-refractivity contribution in [1.29, 1.82) is 0 Å². The van der Waals surface area contributed by atoms with Gasteiger partial charge in [0.05, 0.1) is 0 Å². The van der Waals surface area contributed by atoms with E-state index in [1.165, 1.54) is 12.3 Å². The first-order chi connectivity index (χ1) is 14.8. The van der Waals surface area contributed by atoms with Crippen LogP contribution in [0.15, 0.2) is 47.4 Å². The number of nitrogen functional groups attached to an aromatic ring is 1. The second-order valence-corrected chi connectivity index (χ2v) is 7.41. The number of anilines is 1. The molecule has 1 saturated heterocycles. The molecule has 0 unspecified atom stereocenters. The Labute approximate surface area is 176 Å². The Morgan fingerprint density at radius 3 is 2.81 bits per heavy atom. The highest BCUT2D eigenvalue weighted by molar-refractivity contribution is 5.81. The number of nitrogens with zero attached hydrogens (tertiary/aromatic N) is 2. The van der Waals surface area contributed by atoms with E-state index in [-0.39, 0.29) is 18.8 Å². The summed E-state index contributed by atoms with van der Waals surface area (Å²) in [6, 6.07) is 10.0. The number of benzene rings is 1. The average Bonchev–Trinajstić information content (AvgIpc) is 3.27. The van der Waals surface area contributed by atoms with Crippen LogP contribution >= 0.6 is 0 Å². The van der Waals surface area contributed by atoms with Crippen molar-refractivity contribution in [3.63, 3.8) is 0 Å². The number of esters is 1. The maximum Gasteiger partial charge on any atom is 0.351 e. The summed E-state index contributed by atoms with van der Waals surface area (Å²) in [7, 11) is 0. The topological polar surface area (TPSA) is 179 Å². The normalized spacial score (nSPS) is 24.4. The Morgan fingerprint density at radius 1 is 1.29 bits per heavy atom. The highest BCUT2D eigenvalue weighted by Gasteiger charge is 2.44. The molecule has 5 atom stereocenters. The number of aliphatic hydroxyl groups is 2. The highest BCUT2D eigenvalue weighted by Crippen LogP contribution is 2.28. The fraction of sp³-hybridized carbons (Fsp3) is 0.350. The summed E-state index contributed by atoms with van der Waals surface area (Å²) in [6.07, 6.45) is -3.51. The van der Waals surface area contributed by atoms with Gasteiger partial charge in [-0.1, -0.05) is 18.2 Å². The third-order valence-corrected chi connectivity index (χ3v) is 5.18. The van der Waals surface area contributed by atoms with E-state index in [1.54, 1.807) is 0 Å². The third kappa shape index (κ3) is 4.30. The zero-order valence-corrected chi connectivity index (χ0v) is 16.4. The molecule has 11 nitrogen and oxygen atoms in total. The number of carbonyl (C=O) groups is 1. The van der Waals surface area contributed by atoms with E-state index in [0.717, 1.165) is 21.2 Å². The SMILES string of the molecule is Nc1ccn([C@@H]2O[C@H](COC(=O)[C@H](N)Cc3cc4ccccc4[nH]3)[C@@H](O)[C@@H]2O)c(=O)n1. The number of hydrogen-bond donors (Lipinski definition) is 5. The van der Waals surface area contributed by atoms with Crippen molar-refractivity contribution in [3.8, 4) is 0 Å². The van der Waals surface area contributed by atoms with Crippen LogP contribution in [0.4, 0.5) is 5.82 Å². The van der Waals surface area contributed by atoms with Crippen LogP contribution in [-0.4, -0.2) is 61.7 Å². The summed E-state index contributed by atoms with van der Waals surface area (Å²) < 4.78 is 11.7. The first-order valence-electron chi connectivity index (χ1n) is 9.68. The van der Waals surface area contributed by atoms with Crippen LogP contribution in [0.2, 0.25) is 0 Å². The number of nitrogens with one attached hydrogen (secondary N) is 1. The molecule has 3 aromatic rings. The van der Waals surface area contributed by atoms with Crippen molar-refractivity contribution >= 4 is 22.7 Å². The number of H-pyrrole nitrogens is 1. The van der Waals surface area contributed by atoms with Gasteiger partial charge in [0.15, 0.2) is 6.23 Å². The van der Waals surface area contributed by atoms with Crippen LogP contribution < -0.4 is 17.2 Å². The van der Waals surface area contributed by atoms with E-state index in [2.05, 4.69) is 9.97 Å². The Morgan fingerprint density at radius 2 is 2.06 bits per heavy atom. The molecule has 3 heterocycles. The maximum absolute atomic E-state index is 12.3. The van der Waals surface area contributed by atoms with Crippen LogP contribution in [0, 0.1) is 0 Å². The van der Waals surface area contributed by atoms with Gasteiger partial charge >= 0.3 is 11.7 Å². The minimum absolute atomic E-state index is 0.0173. The van der Waals surface area contributed by atoms with Crippen LogP contribution in [0.3, 0.4) is 0 Å². The molecule has 0 aliphatic carbocycles. The summed E-state index contributed by atoms with van der Waals surface area (Å²) in [5, 5.41) is 21.5. The third-order valence-electron chi connectivity index (χ3n) is 5.18. The van der Waals surface area contributed by atoms with Gasteiger partial charge in [-0.15, -0.1) is 0 Å². The van der Waals surface area contributed by atoms with Crippen LogP contribution in [0.5, 0.6) is 0 Å². The average molecular weight is 429 g/mol. The standard InChI is InChI=1S/C20H23N5O6/c21-12(8-11-7-10-3-1-2-4-13(10)23-11)19(28)30-9-14-16(26)17(27)18(31-14)25-6-5-15(22)24-20(25)29/h1-7,12,14,16-18,23,26-27H,8-9,21H2,(H2,22,24,29)/t12-,14-,16-,17+,18-/m1/s1. The number of hydrogen-bond acceptors (Lipinski definition) is 9. The van der Waals surface area contributed by atoms with E-state index >= 15 is 0 Å². The lowest BCUT2D eigenvalue weighted by atomic mass is 10.1. The molecule has 164 valence electrons. The molecule has 31 heavy (non-hydrogen) atoms. The Kier molecular flexibility index (Phi) is 5.74. The maximum atomic E-state index is 12.3. The number of carbonyl (C=O) groups excluding carboxylic acids is 1. The number of aromatic amines is 1. The Hall–Kier alpha value is -3.25. The number of nitrogens with two attached hydrogens (primary N) is 2. The van der Waals surface area contributed by atoms with Gasteiger partial charge in [-0.3, -0.25) is 9.36 Å². The second-order valence-electron chi connectivity index (χ2n) is 7.41. The fourth-order valence-corrected chi connectivity index (χ4v) is 3.55. The van der Waals surface area contributed by atoms with Crippen molar-refractivity contribution in [2.45, 2.75) is 37.0 Å². The van der Waals surface area contributed by atoms with Crippen LogP contribution in [-0.2, 0) is 20.7 Å². The minimum Gasteiger partial charge on any atom is -0.462 e. The molecule has 1 aliphatic heterocycles. The lowest BCUT2D eigenvalue weighted by Gasteiger charge is -2.17. The van der Waals surface area contributed by atoms with Gasteiger partial charge < -0.3 is 36.1 Å². The Bertz CT molecular complexity index is 1110. The van der Waals surface area contributed by atoms with Gasteiger partial charge in [0.25, 0.3) is 0 Å². The van der Waals surface area contributed by atoms with Crippen molar-refractivity contribution in [2.24, 2.45) is 5.73 Å². The molecule has 0 radical (unpaired) electrons. The molecular formula is C20H23N5O6. The van der Waals surface area contributed by atoms with Gasteiger partial charge in [-0.2, -0.15) is 4.98 Å². The molecule has 0 amide bonds. The van der Waals surface area contributed by atoms with Gasteiger partial charge in [-0.05, 0) is 23.6 Å². The summed E-state index contributed by atoms with van der Waals surface area (Å²) in [5.74, 6) is -0.664. The van der Waals surface area contributed by atoms with E-state index in [4.69, 9.17) is 20.9 Å². The lowest BCUT2D eigenvalue weighted by molar-refractivity contribution is -0.151. The molecule has 0 saturated carbocycles. The number of ether oxygens (including phenoxy) is 2. The first kappa shape index (κ1) is 21.0. The number of rotatable bonds is 6. The first-order valence-corrected chi connectivity index (χ1v) is 9.68.